The number of nitrogens with one attached hydrogen (secondary N) is 1. The summed E-state index contributed by atoms with van der Waals surface area (Å²) in [6, 6.07) is 6.26. The maximum atomic E-state index is 4.63. The van der Waals surface area contributed by atoms with Crippen LogP contribution in [0.4, 0.5) is 0 Å². The summed E-state index contributed by atoms with van der Waals surface area (Å²) >= 11 is 5.28. The third-order valence-corrected chi connectivity index (χ3v) is 4.23. The lowest BCUT2D eigenvalue weighted by Crippen LogP contribution is -1.83. The predicted molar refractivity (Wildman–Crippen MR) is 79.2 cm³/mol. The zero-order valence-electron chi connectivity index (χ0n) is 10.0. The van der Waals surface area contributed by atoms with Gasteiger partial charge in [-0.25, -0.2) is 4.98 Å². The second-order valence-corrected chi connectivity index (χ2v) is 5.99. The number of rotatable bonds is 6. The average molecular weight is 313 g/mol. The number of unbranched alkanes of at least 4 members (excludes halogenated alkanes) is 2. The van der Waals surface area contributed by atoms with E-state index >= 15 is 0 Å². The highest BCUT2D eigenvalue weighted by Crippen LogP contribution is 2.22. The largest absolute Gasteiger partial charge is 0.333 e. The molecule has 0 atom stereocenters. The molecule has 0 aliphatic carbocycles. The fourth-order valence-corrected chi connectivity index (χ4v) is 3.04. The van der Waals surface area contributed by atoms with Gasteiger partial charge in [-0.15, -0.1) is 0 Å². The van der Waals surface area contributed by atoms with Gasteiger partial charge >= 0.3 is 0 Å². The highest BCUT2D eigenvalue weighted by Gasteiger charge is 2.04. The highest BCUT2D eigenvalue weighted by molar-refractivity contribution is 9.09. The van der Waals surface area contributed by atoms with E-state index in [4.69, 9.17) is 0 Å². The van der Waals surface area contributed by atoms with E-state index in [0.29, 0.717) is 0 Å². The number of hydrogen-bond donors (Lipinski definition) is 1. The molecule has 0 spiro atoms. The number of aromatic amines is 1. The van der Waals surface area contributed by atoms with Gasteiger partial charge in [-0.2, -0.15) is 0 Å². The predicted octanol–water partition coefficient (Wildman–Crippen LogP) is 4.53. The third kappa shape index (κ3) is 3.49. The van der Waals surface area contributed by atoms with Crippen molar-refractivity contribution < 1.29 is 0 Å². The summed E-state index contributed by atoms with van der Waals surface area (Å²) in [6.07, 6.45) is 3.81. The first-order valence-corrected chi connectivity index (χ1v) is 8.06. The van der Waals surface area contributed by atoms with E-state index in [9.17, 15) is 0 Å². The van der Waals surface area contributed by atoms with Crippen molar-refractivity contribution >= 4 is 38.7 Å². The first-order chi connectivity index (χ1) is 8.31. The molecule has 2 aromatic rings. The van der Waals surface area contributed by atoms with Crippen LogP contribution in [0.25, 0.3) is 11.0 Å². The van der Waals surface area contributed by atoms with Crippen molar-refractivity contribution in [3.05, 3.63) is 23.8 Å². The number of imidazole rings is 1. The van der Waals surface area contributed by atoms with Crippen LogP contribution in [0, 0.1) is 6.92 Å². The number of aromatic nitrogens is 2. The van der Waals surface area contributed by atoms with Crippen molar-refractivity contribution in [1.29, 1.82) is 0 Å². The van der Waals surface area contributed by atoms with Crippen LogP contribution in [0.15, 0.2) is 23.4 Å². The number of aryl methyl sites for hydroxylation is 1. The summed E-state index contributed by atoms with van der Waals surface area (Å²) in [6.45, 7) is 2.10. The van der Waals surface area contributed by atoms with Crippen LogP contribution in [0.2, 0.25) is 0 Å². The second kappa shape index (κ2) is 6.45. The van der Waals surface area contributed by atoms with E-state index in [2.05, 4.69) is 51.0 Å². The van der Waals surface area contributed by atoms with Gasteiger partial charge in [-0.1, -0.05) is 46.2 Å². The minimum atomic E-state index is 1.05. The number of fused-ring (bicyclic) bond motifs is 1. The zero-order chi connectivity index (χ0) is 12.1. The topological polar surface area (TPSA) is 28.7 Å². The SMILES string of the molecule is Cc1cccc2[nH]c(SCCCCCBr)nc12. The number of nitrogens with zero attached hydrogens (tertiary/aromatic N) is 1. The van der Waals surface area contributed by atoms with Gasteiger partial charge in [0.1, 0.15) is 0 Å². The van der Waals surface area contributed by atoms with Crippen LogP contribution < -0.4 is 0 Å². The lowest BCUT2D eigenvalue weighted by Gasteiger charge is -1.96. The van der Waals surface area contributed by atoms with Crippen LogP contribution in [-0.2, 0) is 0 Å². The molecule has 2 nitrogen and oxygen atoms in total. The maximum absolute atomic E-state index is 4.63. The first-order valence-electron chi connectivity index (χ1n) is 5.95. The van der Waals surface area contributed by atoms with E-state index in [0.717, 1.165) is 27.3 Å². The summed E-state index contributed by atoms with van der Waals surface area (Å²) in [5.74, 6) is 1.14. The Morgan fingerprint density at radius 1 is 1.29 bits per heavy atom. The molecule has 1 aromatic carbocycles. The lowest BCUT2D eigenvalue weighted by molar-refractivity contribution is 0.787. The molecule has 0 bridgehead atoms. The summed E-state index contributed by atoms with van der Waals surface area (Å²) in [7, 11) is 0. The Morgan fingerprint density at radius 2 is 2.18 bits per heavy atom. The van der Waals surface area contributed by atoms with Crippen molar-refractivity contribution in [1.82, 2.24) is 9.97 Å². The first kappa shape index (κ1) is 13.0. The maximum Gasteiger partial charge on any atom is 0.166 e. The van der Waals surface area contributed by atoms with Crippen LogP contribution in [0.5, 0.6) is 0 Å². The second-order valence-electron chi connectivity index (χ2n) is 4.11. The van der Waals surface area contributed by atoms with Crippen molar-refractivity contribution in [2.24, 2.45) is 0 Å². The normalized spacial score (nSPS) is 11.2. The number of para-hydroxylation sites is 1. The van der Waals surface area contributed by atoms with Crippen LogP contribution in [0.3, 0.4) is 0 Å². The van der Waals surface area contributed by atoms with Gasteiger partial charge in [0.2, 0.25) is 0 Å². The Balaban J connectivity index is 1.93. The molecule has 0 aliphatic rings. The van der Waals surface area contributed by atoms with Gasteiger partial charge in [-0.05, 0) is 31.4 Å². The molecule has 0 amide bonds. The molecule has 17 heavy (non-hydrogen) atoms. The number of alkyl halides is 1. The molecular formula is C13H17BrN2S. The molecule has 92 valence electrons. The molecule has 1 heterocycles. The number of benzene rings is 1. The fraction of sp³-hybridized carbons (Fsp3) is 0.462. The van der Waals surface area contributed by atoms with Crippen LogP contribution in [0.1, 0.15) is 24.8 Å². The molecular weight excluding hydrogens is 296 g/mol. The Labute approximate surface area is 115 Å². The van der Waals surface area contributed by atoms with E-state index in [1.54, 1.807) is 0 Å². The Bertz CT molecular complexity index is 481. The summed E-state index contributed by atoms with van der Waals surface area (Å²) in [4.78, 5) is 8.00. The van der Waals surface area contributed by atoms with E-state index in [-0.39, 0.29) is 0 Å². The number of hydrogen-bond acceptors (Lipinski definition) is 2. The van der Waals surface area contributed by atoms with Gasteiger partial charge in [0.25, 0.3) is 0 Å². The molecule has 0 aliphatic heterocycles. The van der Waals surface area contributed by atoms with E-state index in [1.807, 2.05) is 11.8 Å². The molecule has 1 aromatic heterocycles. The third-order valence-electron chi connectivity index (χ3n) is 2.71. The molecule has 4 heteroatoms. The van der Waals surface area contributed by atoms with Gasteiger partial charge in [0.05, 0.1) is 11.0 Å². The molecule has 0 fully saturated rings. The number of thioether (sulfide) groups is 1. The van der Waals surface area contributed by atoms with Gasteiger partial charge in [0.15, 0.2) is 5.16 Å². The molecule has 0 saturated carbocycles. The molecule has 2 rings (SSSR count). The minimum absolute atomic E-state index is 1.05. The number of H-pyrrole nitrogens is 1. The average Bonchev–Trinajstić information content (AvgIpc) is 2.73. The van der Waals surface area contributed by atoms with Gasteiger partial charge < -0.3 is 4.98 Å². The molecule has 0 unspecified atom stereocenters. The molecule has 1 N–H and O–H groups in total. The Kier molecular flexibility index (Phi) is 4.92. The van der Waals surface area contributed by atoms with Crippen molar-refractivity contribution in [3.8, 4) is 0 Å². The molecule has 0 saturated heterocycles. The zero-order valence-corrected chi connectivity index (χ0v) is 12.4. The minimum Gasteiger partial charge on any atom is -0.333 e. The van der Waals surface area contributed by atoms with Crippen molar-refractivity contribution in [3.63, 3.8) is 0 Å². The smallest absolute Gasteiger partial charge is 0.166 e. The highest BCUT2D eigenvalue weighted by atomic mass is 79.9. The number of halogens is 1. The van der Waals surface area contributed by atoms with Crippen LogP contribution >= 0.6 is 27.7 Å². The van der Waals surface area contributed by atoms with Gasteiger partial charge in [-0.3, -0.25) is 0 Å². The van der Waals surface area contributed by atoms with E-state index in [1.165, 1.54) is 24.8 Å². The van der Waals surface area contributed by atoms with E-state index < -0.39 is 0 Å². The Morgan fingerprint density at radius 3 is 2.94 bits per heavy atom. The Hall–Kier alpha value is -0.480. The van der Waals surface area contributed by atoms with Crippen molar-refractivity contribution in [2.45, 2.75) is 31.3 Å². The lowest BCUT2D eigenvalue weighted by atomic mass is 10.2. The van der Waals surface area contributed by atoms with Gasteiger partial charge in [0, 0.05) is 11.1 Å². The standard InChI is InChI=1S/C13H17BrN2S/c1-10-6-5-7-11-12(10)16-13(15-11)17-9-4-2-3-8-14/h5-7H,2-4,8-9H2,1H3,(H,15,16). The quantitative estimate of drug-likeness (QED) is 0.482. The summed E-state index contributed by atoms with van der Waals surface area (Å²) < 4.78 is 0. The fourth-order valence-electron chi connectivity index (χ4n) is 1.76. The molecule has 0 radical (unpaired) electrons. The summed E-state index contributed by atoms with van der Waals surface area (Å²) in [5, 5.41) is 2.16. The van der Waals surface area contributed by atoms with Crippen molar-refractivity contribution in [2.75, 3.05) is 11.1 Å². The summed E-state index contributed by atoms with van der Waals surface area (Å²) in [5.41, 5.74) is 3.49. The van der Waals surface area contributed by atoms with Crippen LogP contribution in [-0.4, -0.2) is 21.1 Å². The monoisotopic (exact) mass is 312 g/mol.